The maximum absolute atomic E-state index is 9.32. The maximum atomic E-state index is 9.32. The summed E-state index contributed by atoms with van der Waals surface area (Å²) >= 11 is 8.28. The average Bonchev–Trinajstić information content (AvgIpc) is 2.83. The van der Waals surface area contributed by atoms with Gasteiger partial charge in [0.05, 0.1) is 16.7 Å². The molecular weight excluding hydrogens is 324 g/mol. The summed E-state index contributed by atoms with van der Waals surface area (Å²) in [5.74, 6) is 0. The quantitative estimate of drug-likeness (QED) is 0.817. The lowest BCUT2D eigenvalue weighted by molar-refractivity contribution is 0.709. The molecule has 23 heavy (non-hydrogen) atoms. The summed E-state index contributed by atoms with van der Waals surface area (Å²) in [6.45, 7) is 4.15. The Morgan fingerprint density at radius 2 is 1.96 bits per heavy atom. The van der Waals surface area contributed by atoms with E-state index < -0.39 is 0 Å². The van der Waals surface area contributed by atoms with Crippen molar-refractivity contribution in [3.63, 3.8) is 0 Å². The SMILES string of the molecule is CC(Sc1c(Cl)ccc2c1CCNCC2)c1ccccc1C#N. The molecule has 1 unspecified atom stereocenters. The highest BCUT2D eigenvalue weighted by atomic mass is 35.5. The van der Waals surface area contributed by atoms with Crippen molar-refractivity contribution in [2.75, 3.05) is 13.1 Å². The lowest BCUT2D eigenvalue weighted by Crippen LogP contribution is -2.16. The summed E-state index contributed by atoms with van der Waals surface area (Å²) in [5, 5.41) is 13.8. The largest absolute Gasteiger partial charge is 0.316 e. The molecule has 3 rings (SSSR count). The minimum atomic E-state index is 0.186. The Morgan fingerprint density at radius 1 is 1.17 bits per heavy atom. The van der Waals surface area contributed by atoms with Crippen LogP contribution in [0.1, 0.15) is 34.4 Å². The van der Waals surface area contributed by atoms with Gasteiger partial charge in [0.25, 0.3) is 0 Å². The van der Waals surface area contributed by atoms with Crippen molar-refractivity contribution in [3.05, 3.63) is 63.7 Å². The number of nitriles is 1. The van der Waals surface area contributed by atoms with Gasteiger partial charge in [-0.15, -0.1) is 11.8 Å². The third kappa shape index (κ3) is 3.55. The van der Waals surface area contributed by atoms with Gasteiger partial charge in [0.2, 0.25) is 0 Å². The number of hydrogen-bond acceptors (Lipinski definition) is 3. The van der Waals surface area contributed by atoms with Crippen LogP contribution in [0.25, 0.3) is 0 Å². The van der Waals surface area contributed by atoms with Crippen LogP contribution >= 0.6 is 23.4 Å². The number of benzene rings is 2. The highest BCUT2D eigenvalue weighted by Crippen LogP contribution is 2.42. The Morgan fingerprint density at radius 3 is 2.78 bits per heavy atom. The van der Waals surface area contributed by atoms with E-state index in [9.17, 15) is 5.26 Å². The van der Waals surface area contributed by atoms with Crippen LogP contribution in [0.4, 0.5) is 0 Å². The number of halogens is 1. The van der Waals surface area contributed by atoms with Crippen LogP contribution in [0.15, 0.2) is 41.3 Å². The van der Waals surface area contributed by atoms with Crippen LogP contribution in [0.3, 0.4) is 0 Å². The predicted octanol–water partition coefficient (Wildman–Crippen LogP) is 4.75. The van der Waals surface area contributed by atoms with Crippen LogP contribution in [0, 0.1) is 11.3 Å². The van der Waals surface area contributed by atoms with Crippen LogP contribution in [-0.2, 0) is 12.8 Å². The molecule has 0 amide bonds. The first kappa shape index (κ1) is 16.4. The molecule has 1 aliphatic rings. The van der Waals surface area contributed by atoms with Crippen LogP contribution in [0.5, 0.6) is 0 Å². The topological polar surface area (TPSA) is 35.8 Å². The fraction of sp³-hybridized carbons (Fsp3) is 0.316. The van der Waals surface area contributed by atoms with Gasteiger partial charge in [-0.1, -0.05) is 35.9 Å². The molecule has 1 aliphatic heterocycles. The third-order valence-electron chi connectivity index (χ3n) is 4.25. The van der Waals surface area contributed by atoms with Crippen molar-refractivity contribution in [3.8, 4) is 6.07 Å². The Hall–Kier alpha value is -1.47. The Labute approximate surface area is 146 Å². The second kappa shape index (κ2) is 7.40. The molecular formula is C19H19ClN2S. The standard InChI is InChI=1S/C19H19ClN2S/c1-13(16-5-3-2-4-15(16)12-21)23-19-17-9-11-22-10-8-14(17)6-7-18(19)20/h2-7,13,22H,8-11H2,1H3. The van der Waals surface area contributed by atoms with Crippen LogP contribution < -0.4 is 5.32 Å². The highest BCUT2D eigenvalue weighted by molar-refractivity contribution is 7.99. The van der Waals surface area contributed by atoms with Gasteiger partial charge in [0.15, 0.2) is 0 Å². The van der Waals surface area contributed by atoms with E-state index in [-0.39, 0.29) is 5.25 Å². The molecule has 0 saturated carbocycles. The number of fused-ring (bicyclic) bond motifs is 1. The molecule has 2 aromatic rings. The Kier molecular flexibility index (Phi) is 5.27. The maximum Gasteiger partial charge on any atom is 0.0994 e. The first-order valence-corrected chi connectivity index (χ1v) is 9.13. The van der Waals surface area contributed by atoms with Crippen LogP contribution in [0.2, 0.25) is 5.02 Å². The number of hydrogen-bond donors (Lipinski definition) is 1. The number of thioether (sulfide) groups is 1. The molecule has 0 aromatic heterocycles. The smallest absolute Gasteiger partial charge is 0.0994 e. The summed E-state index contributed by atoms with van der Waals surface area (Å²) in [6.07, 6.45) is 2.05. The number of rotatable bonds is 3. The lowest BCUT2D eigenvalue weighted by Gasteiger charge is -2.18. The monoisotopic (exact) mass is 342 g/mol. The van der Waals surface area contributed by atoms with E-state index in [0.29, 0.717) is 0 Å². The van der Waals surface area contributed by atoms with E-state index in [0.717, 1.165) is 42.1 Å². The molecule has 2 nitrogen and oxygen atoms in total. The van der Waals surface area contributed by atoms with Gasteiger partial charge >= 0.3 is 0 Å². The molecule has 1 heterocycles. The van der Waals surface area contributed by atoms with Gasteiger partial charge in [0.1, 0.15) is 0 Å². The van der Waals surface area contributed by atoms with E-state index in [2.05, 4.69) is 24.4 Å². The summed E-state index contributed by atoms with van der Waals surface area (Å²) in [6, 6.07) is 14.3. The molecule has 0 aliphatic carbocycles. The lowest BCUT2D eigenvalue weighted by atomic mass is 10.0. The molecule has 0 saturated heterocycles. The van der Waals surface area contributed by atoms with E-state index in [1.54, 1.807) is 11.8 Å². The zero-order chi connectivity index (χ0) is 16.2. The minimum Gasteiger partial charge on any atom is -0.316 e. The molecule has 1 atom stereocenters. The molecule has 0 bridgehead atoms. The van der Waals surface area contributed by atoms with Gasteiger partial charge in [-0.05, 0) is 61.7 Å². The molecule has 118 valence electrons. The first-order chi connectivity index (χ1) is 11.2. The van der Waals surface area contributed by atoms with Gasteiger partial charge in [0, 0.05) is 10.1 Å². The molecule has 1 N–H and O–H groups in total. The van der Waals surface area contributed by atoms with E-state index in [1.165, 1.54) is 16.0 Å². The van der Waals surface area contributed by atoms with Gasteiger partial charge in [-0.3, -0.25) is 0 Å². The zero-order valence-corrected chi connectivity index (χ0v) is 14.7. The third-order valence-corrected chi connectivity index (χ3v) is 5.98. The summed E-state index contributed by atoms with van der Waals surface area (Å²) < 4.78 is 0. The molecule has 0 spiro atoms. The fourth-order valence-electron chi connectivity index (χ4n) is 3.03. The van der Waals surface area contributed by atoms with Crippen molar-refractivity contribution in [1.29, 1.82) is 5.26 Å². The summed E-state index contributed by atoms with van der Waals surface area (Å²) in [5.41, 5.74) is 4.57. The normalized spacial score (nSPS) is 15.3. The van der Waals surface area contributed by atoms with Crippen molar-refractivity contribution in [2.24, 2.45) is 0 Å². The zero-order valence-electron chi connectivity index (χ0n) is 13.1. The second-order valence-corrected chi connectivity index (χ2v) is 7.48. The van der Waals surface area contributed by atoms with E-state index >= 15 is 0 Å². The second-order valence-electron chi connectivity index (χ2n) is 5.72. The van der Waals surface area contributed by atoms with Crippen LogP contribution in [-0.4, -0.2) is 13.1 Å². The van der Waals surface area contributed by atoms with Crippen molar-refractivity contribution >= 4 is 23.4 Å². The number of nitrogens with one attached hydrogen (secondary N) is 1. The predicted molar refractivity (Wildman–Crippen MR) is 97.2 cm³/mol. The molecule has 4 heteroatoms. The van der Waals surface area contributed by atoms with Crippen molar-refractivity contribution in [1.82, 2.24) is 5.32 Å². The first-order valence-electron chi connectivity index (χ1n) is 7.87. The van der Waals surface area contributed by atoms with Gasteiger partial charge < -0.3 is 5.32 Å². The van der Waals surface area contributed by atoms with Crippen molar-refractivity contribution in [2.45, 2.75) is 29.9 Å². The minimum absolute atomic E-state index is 0.186. The Balaban J connectivity index is 1.95. The van der Waals surface area contributed by atoms with Crippen molar-refractivity contribution < 1.29 is 0 Å². The van der Waals surface area contributed by atoms with Gasteiger partial charge in [-0.2, -0.15) is 5.26 Å². The van der Waals surface area contributed by atoms with E-state index in [4.69, 9.17) is 11.6 Å². The molecule has 0 radical (unpaired) electrons. The summed E-state index contributed by atoms with van der Waals surface area (Å²) in [4.78, 5) is 1.17. The van der Waals surface area contributed by atoms with E-state index in [1.807, 2.05) is 30.3 Å². The molecule has 2 aromatic carbocycles. The fourth-order valence-corrected chi connectivity index (χ4v) is 4.58. The summed E-state index contributed by atoms with van der Waals surface area (Å²) in [7, 11) is 0. The molecule has 0 fully saturated rings. The highest BCUT2D eigenvalue weighted by Gasteiger charge is 2.19. The Bertz CT molecular complexity index is 752. The van der Waals surface area contributed by atoms with Gasteiger partial charge in [-0.25, -0.2) is 0 Å². The number of nitrogens with zero attached hydrogens (tertiary/aromatic N) is 1. The average molecular weight is 343 g/mol.